The zero-order valence-corrected chi connectivity index (χ0v) is 45.6. The van der Waals surface area contributed by atoms with Gasteiger partial charge in [-0.3, -0.25) is 0 Å². The minimum absolute atomic E-state index is 0.244. The summed E-state index contributed by atoms with van der Waals surface area (Å²) in [6.07, 6.45) is 20.6. The van der Waals surface area contributed by atoms with E-state index < -0.39 is 0 Å². The topological polar surface area (TPSA) is 83.8 Å². The molecule has 3 atom stereocenters. The van der Waals surface area contributed by atoms with E-state index in [0.29, 0.717) is 16.9 Å². The molecule has 0 amide bonds. The lowest BCUT2D eigenvalue weighted by atomic mass is 9.84. The Morgan fingerprint density at radius 1 is 0.507 bits per heavy atom. The van der Waals surface area contributed by atoms with Gasteiger partial charge in [-0.05, 0) is 141 Å². The second kappa shape index (κ2) is 27.1. The van der Waals surface area contributed by atoms with E-state index in [1.54, 1.807) is 0 Å². The predicted octanol–water partition coefficient (Wildman–Crippen LogP) is 16.0. The molecule has 2 aliphatic heterocycles. The minimum Gasteiger partial charge on any atom is -0.372 e. The van der Waals surface area contributed by atoms with Crippen LogP contribution >= 0.6 is 0 Å². The first-order valence-electron chi connectivity index (χ1n) is 26.4. The van der Waals surface area contributed by atoms with Crippen molar-refractivity contribution in [3.05, 3.63) is 68.8 Å². The Morgan fingerprint density at radius 3 is 1.15 bits per heavy atom. The molecule has 374 valence electrons. The van der Waals surface area contributed by atoms with Crippen LogP contribution in [0.5, 0.6) is 0 Å². The number of hydrogen-bond donors (Lipinski definition) is 0. The van der Waals surface area contributed by atoms with E-state index in [4.69, 9.17) is 9.68 Å². The highest BCUT2D eigenvalue weighted by atomic mass is 16.7. The third kappa shape index (κ3) is 16.8. The number of carbonyl (C=O) groups excluding carboxylic acids is 2. The van der Waals surface area contributed by atoms with Gasteiger partial charge in [0.2, 0.25) is 0 Å². The molecule has 67 heavy (non-hydrogen) atoms. The number of aryl methyl sites for hydroxylation is 4. The Morgan fingerprint density at radius 2 is 0.836 bits per heavy atom. The molecule has 8 heteroatoms. The van der Waals surface area contributed by atoms with Crippen LogP contribution in [-0.2, 0) is 19.3 Å². The normalized spacial score (nSPS) is 16.6. The van der Waals surface area contributed by atoms with Crippen molar-refractivity contribution in [2.45, 2.75) is 201 Å². The molecule has 0 aliphatic carbocycles. The van der Waals surface area contributed by atoms with E-state index in [-0.39, 0.29) is 22.8 Å². The minimum atomic E-state index is -0.360. The van der Waals surface area contributed by atoms with Crippen LogP contribution in [0.1, 0.15) is 207 Å². The molecule has 2 aliphatic rings. The van der Waals surface area contributed by atoms with Gasteiger partial charge in [-0.1, -0.05) is 158 Å². The van der Waals surface area contributed by atoms with E-state index in [9.17, 15) is 9.59 Å². The van der Waals surface area contributed by atoms with Gasteiger partial charge in [0.05, 0.1) is 11.1 Å². The van der Waals surface area contributed by atoms with Gasteiger partial charge in [-0.2, -0.15) is 0 Å². The third-order valence-corrected chi connectivity index (χ3v) is 14.0. The van der Waals surface area contributed by atoms with Crippen molar-refractivity contribution in [2.75, 3.05) is 36.0 Å². The standard InChI is InChI=1S/C32H52N2O2.C27H42N2O2/c1-10-14-16-25(12-3)21-34(22-26(13-4)17-15-11-2)27-18-23(5)28(24(6)19-27)20-29-30(32(7,8)9)33-36-31(29)35;1-9-12-13-14-21(10-2)18-29(11-3)22-15-19(4)23(20(5)16-22)17-24-25(27(6,7)8)28-31-26(24)30/h18-20,25-26H,10-17,21-22H2,1-9H3;15-17,21H,9-14,18H2,1-8H3. The summed E-state index contributed by atoms with van der Waals surface area (Å²) in [6.45, 7) is 41.3. The van der Waals surface area contributed by atoms with E-state index in [2.05, 4.69) is 141 Å². The molecule has 0 saturated carbocycles. The van der Waals surface area contributed by atoms with Gasteiger partial charge in [0, 0.05) is 48.4 Å². The molecule has 0 spiro atoms. The maximum Gasteiger partial charge on any atom is 0.367 e. The monoisotopic (exact) mass is 923 g/mol. The molecule has 4 rings (SSSR count). The first kappa shape index (κ1) is 57.1. The van der Waals surface area contributed by atoms with Crippen LogP contribution in [0.15, 0.2) is 45.7 Å². The van der Waals surface area contributed by atoms with Crippen LogP contribution in [0.2, 0.25) is 0 Å². The van der Waals surface area contributed by atoms with Crippen molar-refractivity contribution in [1.29, 1.82) is 0 Å². The highest BCUT2D eigenvalue weighted by Gasteiger charge is 2.35. The van der Waals surface area contributed by atoms with Gasteiger partial charge >= 0.3 is 11.9 Å². The lowest BCUT2D eigenvalue weighted by molar-refractivity contribution is -0.137. The van der Waals surface area contributed by atoms with Crippen molar-refractivity contribution in [3.63, 3.8) is 0 Å². The lowest BCUT2D eigenvalue weighted by Crippen LogP contribution is -2.34. The van der Waals surface area contributed by atoms with E-state index in [1.165, 1.54) is 117 Å². The molecule has 0 fully saturated rings. The van der Waals surface area contributed by atoms with Gasteiger partial charge in [0.25, 0.3) is 0 Å². The summed E-state index contributed by atoms with van der Waals surface area (Å²) in [5.41, 5.74) is 11.6. The molecule has 2 aromatic rings. The maximum absolute atomic E-state index is 12.5. The molecule has 0 radical (unpaired) electrons. The van der Waals surface area contributed by atoms with Gasteiger partial charge in [0.15, 0.2) is 0 Å². The lowest BCUT2D eigenvalue weighted by Gasteiger charge is -2.33. The van der Waals surface area contributed by atoms with Crippen molar-refractivity contribution < 1.29 is 19.3 Å². The van der Waals surface area contributed by atoms with Crippen LogP contribution in [0, 0.1) is 56.3 Å². The highest BCUT2D eigenvalue weighted by molar-refractivity contribution is 6.27. The summed E-state index contributed by atoms with van der Waals surface area (Å²) in [4.78, 5) is 40.1. The summed E-state index contributed by atoms with van der Waals surface area (Å²) in [5.74, 6) is 1.45. The van der Waals surface area contributed by atoms with E-state index in [0.717, 1.165) is 60.8 Å². The summed E-state index contributed by atoms with van der Waals surface area (Å²) < 4.78 is 0. The molecule has 2 aromatic carbocycles. The van der Waals surface area contributed by atoms with Crippen LogP contribution < -0.4 is 9.80 Å². The number of carbonyl (C=O) groups is 2. The fourth-order valence-electron chi connectivity index (χ4n) is 9.49. The Labute approximate surface area is 409 Å². The first-order chi connectivity index (χ1) is 31.7. The molecule has 2 heterocycles. The Hall–Kier alpha value is -4.20. The van der Waals surface area contributed by atoms with Crippen molar-refractivity contribution >= 4 is 46.9 Å². The second-order valence-electron chi connectivity index (χ2n) is 21.8. The fraction of sp³-hybridized carbons (Fsp3) is 0.661. The molecular weight excluding hydrogens is 829 g/mol. The smallest absolute Gasteiger partial charge is 0.367 e. The third-order valence-electron chi connectivity index (χ3n) is 14.0. The number of oxime groups is 2. The Balaban J connectivity index is 0.000000359. The second-order valence-corrected chi connectivity index (χ2v) is 21.8. The fourth-order valence-corrected chi connectivity index (χ4v) is 9.49. The van der Waals surface area contributed by atoms with Gasteiger partial charge in [-0.15, -0.1) is 0 Å². The number of rotatable bonds is 24. The summed E-state index contributed by atoms with van der Waals surface area (Å²) in [7, 11) is 0. The van der Waals surface area contributed by atoms with Crippen LogP contribution in [0.3, 0.4) is 0 Å². The summed E-state index contributed by atoms with van der Waals surface area (Å²) in [5, 5.41) is 8.14. The van der Waals surface area contributed by atoms with Gasteiger partial charge in [0.1, 0.15) is 11.4 Å². The van der Waals surface area contributed by atoms with Crippen LogP contribution in [-0.4, -0.2) is 49.5 Å². The number of anilines is 2. The molecular formula is C59H94N4O4. The molecule has 0 aromatic heterocycles. The van der Waals surface area contributed by atoms with Crippen LogP contribution in [0.4, 0.5) is 11.4 Å². The predicted molar refractivity (Wildman–Crippen MR) is 288 cm³/mol. The maximum atomic E-state index is 12.5. The van der Waals surface area contributed by atoms with E-state index in [1.807, 2.05) is 32.9 Å². The number of unbranched alkanes of at least 4 members (excludes halogenated alkanes) is 4. The largest absolute Gasteiger partial charge is 0.372 e. The molecule has 0 saturated heterocycles. The van der Waals surface area contributed by atoms with Crippen LogP contribution in [0.25, 0.3) is 12.2 Å². The zero-order valence-electron chi connectivity index (χ0n) is 45.6. The number of hydrogen-bond acceptors (Lipinski definition) is 8. The molecule has 8 nitrogen and oxygen atoms in total. The SMILES string of the molecule is CCCCC(CC)CN(CC(CC)CCCC)c1cc(C)c(C=C2C(=O)ON=C2C(C)(C)C)c(C)c1.CCCCCC(CC)CN(CC)c1cc(C)c(C=C2C(=O)ON=C2C(C)(C)C)c(C)c1. The first-order valence-corrected chi connectivity index (χ1v) is 26.4. The molecule has 3 unspecified atom stereocenters. The zero-order chi connectivity index (χ0) is 50.1. The quantitative estimate of drug-likeness (QED) is 0.0592. The summed E-state index contributed by atoms with van der Waals surface area (Å²) >= 11 is 0. The van der Waals surface area contributed by atoms with Crippen molar-refractivity contribution in [1.82, 2.24) is 0 Å². The van der Waals surface area contributed by atoms with Crippen molar-refractivity contribution in [2.24, 2.45) is 38.9 Å². The molecule has 0 bridgehead atoms. The van der Waals surface area contributed by atoms with Crippen molar-refractivity contribution in [3.8, 4) is 0 Å². The van der Waals surface area contributed by atoms with E-state index >= 15 is 0 Å². The number of benzene rings is 2. The Kier molecular flexibility index (Phi) is 23.1. The average Bonchev–Trinajstić information content (AvgIpc) is 3.85. The summed E-state index contributed by atoms with van der Waals surface area (Å²) in [6, 6.07) is 9.17. The number of nitrogens with zero attached hydrogens (tertiary/aromatic N) is 4. The Bertz CT molecular complexity index is 1980. The van der Waals surface area contributed by atoms with Gasteiger partial charge < -0.3 is 19.5 Å². The highest BCUT2D eigenvalue weighted by Crippen LogP contribution is 2.34. The average molecular weight is 923 g/mol. The molecule has 0 N–H and O–H groups in total. The van der Waals surface area contributed by atoms with Gasteiger partial charge in [-0.25, -0.2) is 9.59 Å².